The van der Waals surface area contributed by atoms with Crippen molar-refractivity contribution >= 4 is 5.91 Å². The lowest BCUT2D eigenvalue weighted by molar-refractivity contribution is -0.132. The molecule has 3 nitrogen and oxygen atoms in total. The maximum atomic E-state index is 12.2. The van der Waals surface area contributed by atoms with Crippen molar-refractivity contribution in [3.8, 4) is 0 Å². The second-order valence-corrected chi connectivity index (χ2v) is 6.96. The van der Waals surface area contributed by atoms with E-state index in [1.54, 1.807) is 0 Å². The zero-order valence-corrected chi connectivity index (χ0v) is 12.5. The van der Waals surface area contributed by atoms with Gasteiger partial charge < -0.3 is 10.6 Å². The Kier molecular flexibility index (Phi) is 5.64. The molecule has 0 saturated heterocycles. The van der Waals surface area contributed by atoms with Crippen LogP contribution in [0, 0.1) is 11.3 Å². The average molecular weight is 254 g/mol. The van der Waals surface area contributed by atoms with E-state index in [1.165, 1.54) is 19.3 Å². The second kappa shape index (κ2) is 6.55. The SMILES string of the molecule is CCN(CC1CCC1)C(=O)CC(N)CC(C)(C)C. The molecule has 0 aromatic carbocycles. The normalized spacial score (nSPS) is 18.3. The van der Waals surface area contributed by atoms with Gasteiger partial charge in [0.1, 0.15) is 0 Å². The number of carbonyl (C=O) groups is 1. The fourth-order valence-electron chi connectivity index (χ4n) is 2.61. The molecular weight excluding hydrogens is 224 g/mol. The first-order valence-electron chi connectivity index (χ1n) is 7.35. The molecule has 0 radical (unpaired) electrons. The van der Waals surface area contributed by atoms with Crippen molar-refractivity contribution in [2.75, 3.05) is 13.1 Å². The predicted molar refractivity (Wildman–Crippen MR) is 76.3 cm³/mol. The molecule has 106 valence electrons. The summed E-state index contributed by atoms with van der Waals surface area (Å²) in [6.45, 7) is 10.3. The molecule has 1 aliphatic carbocycles. The Bertz CT molecular complexity index is 266. The van der Waals surface area contributed by atoms with Crippen LogP contribution in [0.3, 0.4) is 0 Å². The van der Waals surface area contributed by atoms with E-state index in [9.17, 15) is 4.79 Å². The number of nitrogens with zero attached hydrogens (tertiary/aromatic N) is 1. The highest BCUT2D eigenvalue weighted by molar-refractivity contribution is 5.76. The van der Waals surface area contributed by atoms with Crippen LogP contribution < -0.4 is 5.73 Å². The number of hydrogen-bond donors (Lipinski definition) is 1. The third-order valence-corrected chi connectivity index (χ3v) is 3.75. The van der Waals surface area contributed by atoms with E-state index < -0.39 is 0 Å². The Morgan fingerprint density at radius 3 is 2.39 bits per heavy atom. The van der Waals surface area contributed by atoms with Crippen molar-refractivity contribution in [3.05, 3.63) is 0 Å². The maximum absolute atomic E-state index is 12.2. The molecule has 1 saturated carbocycles. The van der Waals surface area contributed by atoms with E-state index in [0.29, 0.717) is 6.42 Å². The van der Waals surface area contributed by atoms with Crippen molar-refractivity contribution in [2.45, 2.75) is 65.8 Å². The quantitative estimate of drug-likeness (QED) is 0.792. The zero-order valence-electron chi connectivity index (χ0n) is 12.5. The number of nitrogens with two attached hydrogens (primary N) is 1. The predicted octanol–water partition coefficient (Wildman–Crippen LogP) is 2.79. The number of amides is 1. The van der Waals surface area contributed by atoms with Gasteiger partial charge in [0.25, 0.3) is 0 Å². The fourth-order valence-corrected chi connectivity index (χ4v) is 2.61. The molecule has 0 spiro atoms. The Hall–Kier alpha value is -0.570. The van der Waals surface area contributed by atoms with Crippen LogP contribution in [-0.2, 0) is 4.79 Å². The zero-order chi connectivity index (χ0) is 13.8. The van der Waals surface area contributed by atoms with E-state index in [4.69, 9.17) is 5.73 Å². The molecule has 2 N–H and O–H groups in total. The molecule has 3 heteroatoms. The van der Waals surface area contributed by atoms with Crippen LogP contribution in [-0.4, -0.2) is 29.9 Å². The number of carbonyl (C=O) groups excluding carboxylic acids is 1. The van der Waals surface area contributed by atoms with Gasteiger partial charge in [-0.1, -0.05) is 27.2 Å². The Balaban J connectivity index is 2.36. The molecule has 18 heavy (non-hydrogen) atoms. The minimum absolute atomic E-state index is 0.00654. The highest BCUT2D eigenvalue weighted by atomic mass is 16.2. The monoisotopic (exact) mass is 254 g/mol. The summed E-state index contributed by atoms with van der Waals surface area (Å²) in [5, 5.41) is 0. The summed E-state index contributed by atoms with van der Waals surface area (Å²) < 4.78 is 0. The van der Waals surface area contributed by atoms with Crippen molar-refractivity contribution in [1.82, 2.24) is 4.90 Å². The average Bonchev–Trinajstić information content (AvgIpc) is 2.12. The highest BCUT2D eigenvalue weighted by Crippen LogP contribution is 2.27. The van der Waals surface area contributed by atoms with Gasteiger partial charge in [0.15, 0.2) is 0 Å². The molecule has 0 aliphatic heterocycles. The van der Waals surface area contributed by atoms with E-state index in [1.807, 2.05) is 4.90 Å². The minimum atomic E-state index is -0.00654. The highest BCUT2D eigenvalue weighted by Gasteiger charge is 2.24. The molecule has 1 atom stereocenters. The van der Waals surface area contributed by atoms with Gasteiger partial charge in [0.2, 0.25) is 5.91 Å². The van der Waals surface area contributed by atoms with E-state index in [2.05, 4.69) is 27.7 Å². The molecule has 1 fully saturated rings. The summed E-state index contributed by atoms with van der Waals surface area (Å²) in [5.74, 6) is 0.980. The Morgan fingerprint density at radius 1 is 1.39 bits per heavy atom. The van der Waals surface area contributed by atoms with Crippen LogP contribution >= 0.6 is 0 Å². The van der Waals surface area contributed by atoms with Crippen LogP contribution in [0.4, 0.5) is 0 Å². The fraction of sp³-hybridized carbons (Fsp3) is 0.933. The largest absolute Gasteiger partial charge is 0.343 e. The van der Waals surface area contributed by atoms with Gasteiger partial charge in [-0.25, -0.2) is 0 Å². The molecule has 0 aromatic heterocycles. The first kappa shape index (κ1) is 15.5. The Morgan fingerprint density at radius 2 is 2.00 bits per heavy atom. The minimum Gasteiger partial charge on any atom is -0.343 e. The Labute approximate surface area is 112 Å². The van der Waals surface area contributed by atoms with Crippen molar-refractivity contribution in [2.24, 2.45) is 17.1 Å². The van der Waals surface area contributed by atoms with Gasteiger partial charge in [-0.2, -0.15) is 0 Å². The lowest BCUT2D eigenvalue weighted by atomic mass is 9.84. The molecule has 1 unspecified atom stereocenters. The van der Waals surface area contributed by atoms with Crippen molar-refractivity contribution < 1.29 is 4.79 Å². The summed E-state index contributed by atoms with van der Waals surface area (Å²) in [7, 11) is 0. The van der Waals surface area contributed by atoms with E-state index in [0.717, 1.165) is 25.4 Å². The molecule has 0 heterocycles. The van der Waals surface area contributed by atoms with Crippen LogP contribution in [0.5, 0.6) is 0 Å². The molecule has 1 rings (SSSR count). The summed E-state index contributed by atoms with van der Waals surface area (Å²) in [6.07, 6.45) is 5.31. The van der Waals surface area contributed by atoms with Crippen LogP contribution in [0.15, 0.2) is 0 Å². The van der Waals surface area contributed by atoms with Gasteiger partial charge in [-0.05, 0) is 37.5 Å². The van der Waals surface area contributed by atoms with Crippen LogP contribution in [0.2, 0.25) is 0 Å². The number of hydrogen-bond acceptors (Lipinski definition) is 2. The van der Waals surface area contributed by atoms with E-state index in [-0.39, 0.29) is 17.4 Å². The lowest BCUT2D eigenvalue weighted by Crippen LogP contribution is -2.40. The van der Waals surface area contributed by atoms with Gasteiger partial charge in [0, 0.05) is 25.6 Å². The number of rotatable bonds is 6. The van der Waals surface area contributed by atoms with E-state index >= 15 is 0 Å². The first-order chi connectivity index (χ1) is 8.31. The molecular formula is C15H30N2O. The smallest absolute Gasteiger partial charge is 0.224 e. The molecule has 0 bridgehead atoms. The molecule has 1 amide bonds. The van der Waals surface area contributed by atoms with Gasteiger partial charge in [-0.3, -0.25) is 4.79 Å². The standard InChI is InChI=1S/C15H30N2O/c1-5-17(11-12-7-6-8-12)14(18)9-13(16)10-15(2,3)4/h12-13H,5-11,16H2,1-4H3. The second-order valence-electron chi connectivity index (χ2n) is 6.96. The summed E-state index contributed by atoms with van der Waals surface area (Å²) >= 11 is 0. The lowest BCUT2D eigenvalue weighted by Gasteiger charge is -2.32. The van der Waals surface area contributed by atoms with Gasteiger partial charge >= 0.3 is 0 Å². The van der Waals surface area contributed by atoms with Crippen molar-refractivity contribution in [1.29, 1.82) is 0 Å². The summed E-state index contributed by atoms with van der Waals surface area (Å²) in [4.78, 5) is 14.2. The maximum Gasteiger partial charge on any atom is 0.224 e. The van der Waals surface area contributed by atoms with Gasteiger partial charge in [-0.15, -0.1) is 0 Å². The third-order valence-electron chi connectivity index (χ3n) is 3.75. The molecule has 0 aromatic rings. The van der Waals surface area contributed by atoms with Crippen LogP contribution in [0.25, 0.3) is 0 Å². The third kappa shape index (κ3) is 5.38. The first-order valence-corrected chi connectivity index (χ1v) is 7.35. The summed E-state index contributed by atoms with van der Waals surface area (Å²) in [6, 6.07) is -0.00654. The van der Waals surface area contributed by atoms with Crippen LogP contribution in [0.1, 0.15) is 59.8 Å². The molecule has 1 aliphatic rings. The van der Waals surface area contributed by atoms with Gasteiger partial charge in [0.05, 0.1) is 0 Å². The topological polar surface area (TPSA) is 46.3 Å². The van der Waals surface area contributed by atoms with Crippen molar-refractivity contribution in [3.63, 3.8) is 0 Å². The summed E-state index contributed by atoms with van der Waals surface area (Å²) in [5.41, 5.74) is 6.28.